The average Bonchev–Trinajstić information content (AvgIpc) is 2.84. The van der Waals surface area contributed by atoms with E-state index in [1.54, 1.807) is 6.07 Å². The van der Waals surface area contributed by atoms with Crippen LogP contribution in [0.5, 0.6) is 0 Å². The van der Waals surface area contributed by atoms with Crippen LogP contribution >= 0.6 is 15.9 Å². The number of methoxy groups -OCH3 is 1. The van der Waals surface area contributed by atoms with Crippen molar-refractivity contribution in [3.8, 4) is 11.8 Å². The molecule has 2 aromatic rings. The molecule has 0 radical (unpaired) electrons. The van der Waals surface area contributed by atoms with Crippen LogP contribution in [0.2, 0.25) is 0 Å². The molecule has 0 spiro atoms. The van der Waals surface area contributed by atoms with Crippen LogP contribution in [0, 0.1) is 28.8 Å². The van der Waals surface area contributed by atoms with Crippen LogP contribution in [-0.4, -0.2) is 17.6 Å². The van der Waals surface area contributed by atoms with Gasteiger partial charge in [-0.25, -0.2) is 18.0 Å². The van der Waals surface area contributed by atoms with E-state index in [-0.39, 0.29) is 22.6 Å². The van der Waals surface area contributed by atoms with Crippen molar-refractivity contribution in [2.24, 2.45) is 0 Å². The van der Waals surface area contributed by atoms with Crippen molar-refractivity contribution >= 4 is 27.6 Å². The summed E-state index contributed by atoms with van der Waals surface area (Å²) in [5.74, 6) is -5.53. The maximum absolute atomic E-state index is 13.7. The lowest BCUT2D eigenvalue weighted by molar-refractivity contribution is 0.0593. The second kappa shape index (κ2) is 5.73. The molecule has 0 aliphatic rings. The molecule has 0 saturated heterocycles. The third-order valence-electron chi connectivity index (χ3n) is 2.89. The van der Waals surface area contributed by atoms with E-state index in [9.17, 15) is 18.0 Å². The monoisotopic (exact) mass is 373 g/mol. The molecule has 2 rings (SSSR count). The lowest BCUT2D eigenvalue weighted by Gasteiger charge is -2.11. The number of carbonyl (C=O) groups excluding carboxylic acids is 1. The van der Waals surface area contributed by atoms with Gasteiger partial charge in [0, 0.05) is 12.3 Å². The largest absolute Gasteiger partial charge is 0.464 e. The summed E-state index contributed by atoms with van der Waals surface area (Å²) in [4.78, 5) is 11.8. The Morgan fingerprint density at radius 2 is 2.05 bits per heavy atom. The van der Waals surface area contributed by atoms with Crippen molar-refractivity contribution in [3.05, 3.63) is 45.4 Å². The number of ether oxygens (including phenoxy) is 1. The molecule has 0 saturated carbocycles. The molecule has 0 bridgehead atoms. The van der Waals surface area contributed by atoms with Gasteiger partial charge in [-0.3, -0.25) is 0 Å². The second-order valence-corrected chi connectivity index (χ2v) is 4.89. The van der Waals surface area contributed by atoms with Gasteiger partial charge in [-0.05, 0) is 15.9 Å². The van der Waals surface area contributed by atoms with Gasteiger partial charge in [0.05, 0.1) is 28.5 Å². The lowest BCUT2D eigenvalue weighted by Crippen LogP contribution is -2.12. The minimum atomic E-state index is -1.67. The highest BCUT2D eigenvalue weighted by atomic mass is 79.9. The molecular formula is C13H7BrF3N3O2. The normalized spacial score (nSPS) is 10.4. The van der Waals surface area contributed by atoms with Crippen molar-refractivity contribution in [2.75, 3.05) is 12.8 Å². The maximum atomic E-state index is 13.7. The van der Waals surface area contributed by atoms with Crippen molar-refractivity contribution in [2.45, 2.75) is 0 Å². The maximum Gasteiger partial charge on any atom is 0.357 e. The molecule has 0 amide bonds. The molecule has 1 heterocycles. The van der Waals surface area contributed by atoms with Gasteiger partial charge in [-0.1, -0.05) is 0 Å². The van der Waals surface area contributed by atoms with Gasteiger partial charge in [0.2, 0.25) is 0 Å². The minimum Gasteiger partial charge on any atom is -0.464 e. The first-order valence-electron chi connectivity index (χ1n) is 5.66. The molecule has 1 aromatic heterocycles. The molecule has 9 heteroatoms. The standard InChI is InChI=1S/C13H7BrF3N3O2/c1-22-13(21)12-11(19)5(3-18)4-20(12)7-2-6(15)9(16)10(17)8(7)14/h2,4H,19H2,1H3. The van der Waals surface area contributed by atoms with E-state index in [4.69, 9.17) is 11.0 Å². The first-order chi connectivity index (χ1) is 10.3. The minimum absolute atomic E-state index is 0.0996. The summed E-state index contributed by atoms with van der Waals surface area (Å²) >= 11 is 2.78. The van der Waals surface area contributed by atoms with Crippen LogP contribution in [0.25, 0.3) is 5.69 Å². The number of aromatic nitrogens is 1. The highest BCUT2D eigenvalue weighted by Gasteiger charge is 2.25. The number of nitrogens with two attached hydrogens (primary N) is 1. The fourth-order valence-electron chi connectivity index (χ4n) is 1.84. The SMILES string of the molecule is COC(=O)c1c(N)c(C#N)cn1-c1cc(F)c(F)c(F)c1Br. The zero-order valence-electron chi connectivity index (χ0n) is 11.0. The van der Waals surface area contributed by atoms with E-state index in [0.29, 0.717) is 6.07 Å². The van der Waals surface area contributed by atoms with E-state index in [0.717, 1.165) is 17.9 Å². The molecule has 22 heavy (non-hydrogen) atoms. The molecule has 5 nitrogen and oxygen atoms in total. The first-order valence-corrected chi connectivity index (χ1v) is 6.45. The van der Waals surface area contributed by atoms with Crippen LogP contribution in [0.4, 0.5) is 18.9 Å². The summed E-state index contributed by atoms with van der Waals surface area (Å²) in [5.41, 5.74) is 4.80. The Balaban J connectivity index is 2.85. The average molecular weight is 374 g/mol. The first kappa shape index (κ1) is 15.9. The van der Waals surface area contributed by atoms with Gasteiger partial charge >= 0.3 is 5.97 Å². The number of rotatable bonds is 2. The second-order valence-electron chi connectivity index (χ2n) is 4.10. The molecule has 1 aromatic carbocycles. The number of hydrogen-bond acceptors (Lipinski definition) is 4. The summed E-state index contributed by atoms with van der Waals surface area (Å²) in [6.07, 6.45) is 1.10. The van der Waals surface area contributed by atoms with E-state index >= 15 is 0 Å². The number of nitriles is 1. The van der Waals surface area contributed by atoms with Gasteiger partial charge in [0.15, 0.2) is 23.1 Å². The fourth-order valence-corrected chi connectivity index (χ4v) is 2.32. The third-order valence-corrected chi connectivity index (χ3v) is 3.64. The predicted octanol–water partition coefficient (Wildman–Crippen LogP) is 2.90. The zero-order valence-corrected chi connectivity index (χ0v) is 12.5. The Bertz CT molecular complexity index is 827. The molecular weight excluding hydrogens is 367 g/mol. The summed E-state index contributed by atoms with van der Waals surface area (Å²) in [7, 11) is 1.08. The van der Waals surface area contributed by atoms with Crippen molar-refractivity contribution in [1.82, 2.24) is 4.57 Å². The quantitative estimate of drug-likeness (QED) is 0.498. The topological polar surface area (TPSA) is 81.0 Å². The van der Waals surface area contributed by atoms with Crippen molar-refractivity contribution in [1.29, 1.82) is 5.26 Å². The summed E-state index contributed by atoms with van der Waals surface area (Å²) < 4.78 is 45.4. The molecule has 0 fully saturated rings. The smallest absolute Gasteiger partial charge is 0.357 e. The van der Waals surface area contributed by atoms with Crippen molar-refractivity contribution in [3.63, 3.8) is 0 Å². The van der Waals surface area contributed by atoms with E-state index in [2.05, 4.69) is 20.7 Å². The number of halogens is 4. The van der Waals surface area contributed by atoms with Gasteiger partial charge in [-0.2, -0.15) is 5.26 Å². The Hall–Kier alpha value is -2.47. The summed E-state index contributed by atoms with van der Waals surface area (Å²) in [6.45, 7) is 0. The van der Waals surface area contributed by atoms with Crippen molar-refractivity contribution < 1.29 is 22.7 Å². The number of nitrogen functional groups attached to an aromatic ring is 1. The van der Waals surface area contributed by atoms with E-state index in [1.807, 2.05) is 0 Å². The molecule has 0 aliphatic heterocycles. The highest BCUT2D eigenvalue weighted by molar-refractivity contribution is 9.10. The van der Waals surface area contributed by atoms with Crippen LogP contribution in [0.3, 0.4) is 0 Å². The number of benzene rings is 1. The van der Waals surface area contributed by atoms with Crippen LogP contribution < -0.4 is 5.73 Å². The number of carbonyl (C=O) groups is 1. The van der Waals surface area contributed by atoms with E-state index < -0.39 is 27.9 Å². The fraction of sp³-hybridized carbons (Fsp3) is 0.0769. The van der Waals surface area contributed by atoms with Gasteiger partial charge < -0.3 is 15.0 Å². The molecule has 0 aliphatic carbocycles. The molecule has 114 valence electrons. The Labute approximate surface area is 130 Å². The number of nitrogens with zero attached hydrogens (tertiary/aromatic N) is 2. The van der Waals surface area contributed by atoms with Gasteiger partial charge in [0.25, 0.3) is 0 Å². The van der Waals surface area contributed by atoms with Crippen LogP contribution in [0.1, 0.15) is 16.1 Å². The number of hydrogen-bond donors (Lipinski definition) is 1. The third kappa shape index (κ3) is 2.31. The highest BCUT2D eigenvalue weighted by Crippen LogP contribution is 2.32. The summed E-state index contributed by atoms with van der Waals surface area (Å²) in [6, 6.07) is 2.40. The summed E-state index contributed by atoms with van der Waals surface area (Å²) in [5, 5.41) is 8.96. The molecule has 0 atom stereocenters. The lowest BCUT2D eigenvalue weighted by atomic mass is 10.2. The van der Waals surface area contributed by atoms with E-state index in [1.165, 1.54) is 0 Å². The van der Waals surface area contributed by atoms with Crippen LogP contribution in [0.15, 0.2) is 16.7 Å². The van der Waals surface area contributed by atoms with Gasteiger partial charge in [-0.15, -0.1) is 0 Å². The van der Waals surface area contributed by atoms with Gasteiger partial charge in [0.1, 0.15) is 6.07 Å². The number of esters is 1. The number of anilines is 1. The molecule has 0 unspecified atom stereocenters. The van der Waals surface area contributed by atoms with Crippen LogP contribution in [-0.2, 0) is 4.74 Å². The zero-order chi connectivity index (χ0) is 16.6. The Kier molecular flexibility index (Phi) is 4.14. The Morgan fingerprint density at radius 3 is 2.59 bits per heavy atom. The Morgan fingerprint density at radius 1 is 1.41 bits per heavy atom. The predicted molar refractivity (Wildman–Crippen MR) is 73.8 cm³/mol. The molecule has 2 N–H and O–H groups in total.